The standard InChI is InChI=1S/C40H78NO8P/c1-6-8-10-12-14-16-18-19-20-21-23-24-26-28-30-32-39(42)46-36-38(37-48-50(44,45)47-35-34-41(3,4)5)49-40(43)33-31-29-27-25-22-17-15-13-11-9-7-2/h16,18,38H,6-15,17,19-37H2,1-5H3/p+1/b18-16-/t38-/m1/s1. The second-order valence-corrected chi connectivity index (χ2v) is 16.5. The quantitative estimate of drug-likeness (QED) is 0.0221. The maximum atomic E-state index is 12.6. The highest BCUT2D eigenvalue weighted by Gasteiger charge is 2.27. The van der Waals surface area contributed by atoms with E-state index in [1.54, 1.807) is 0 Å². The molecule has 0 aromatic heterocycles. The molecule has 10 heteroatoms. The first kappa shape index (κ1) is 48.8. The van der Waals surface area contributed by atoms with Crippen LogP contribution in [0.5, 0.6) is 0 Å². The first-order valence-electron chi connectivity index (χ1n) is 20.4. The van der Waals surface area contributed by atoms with Gasteiger partial charge in [0.1, 0.15) is 19.8 Å². The number of ether oxygens (including phenoxy) is 2. The summed E-state index contributed by atoms with van der Waals surface area (Å²) in [7, 11) is 1.48. The molecule has 1 unspecified atom stereocenters. The predicted octanol–water partition coefficient (Wildman–Crippen LogP) is 11.0. The zero-order valence-corrected chi connectivity index (χ0v) is 34.0. The van der Waals surface area contributed by atoms with Gasteiger partial charge in [0.05, 0.1) is 27.7 Å². The monoisotopic (exact) mass is 733 g/mol. The fourth-order valence-electron chi connectivity index (χ4n) is 5.54. The zero-order valence-electron chi connectivity index (χ0n) is 33.1. The summed E-state index contributed by atoms with van der Waals surface area (Å²) >= 11 is 0. The van der Waals surface area contributed by atoms with Crippen LogP contribution in [-0.4, -0.2) is 74.9 Å². The van der Waals surface area contributed by atoms with Gasteiger partial charge in [-0.2, -0.15) is 0 Å². The van der Waals surface area contributed by atoms with Crippen molar-refractivity contribution in [2.24, 2.45) is 0 Å². The van der Waals surface area contributed by atoms with Crippen LogP contribution >= 0.6 is 7.82 Å². The lowest BCUT2D eigenvalue weighted by atomic mass is 10.1. The van der Waals surface area contributed by atoms with E-state index >= 15 is 0 Å². The number of allylic oxidation sites excluding steroid dienone is 2. The van der Waals surface area contributed by atoms with E-state index in [4.69, 9.17) is 18.5 Å². The molecule has 0 aliphatic heterocycles. The van der Waals surface area contributed by atoms with E-state index < -0.39 is 26.5 Å². The minimum atomic E-state index is -4.36. The predicted molar refractivity (Wildman–Crippen MR) is 206 cm³/mol. The van der Waals surface area contributed by atoms with Crippen LogP contribution in [-0.2, 0) is 32.7 Å². The normalized spacial score (nSPS) is 13.8. The van der Waals surface area contributed by atoms with Crippen LogP contribution in [0.1, 0.15) is 181 Å². The van der Waals surface area contributed by atoms with Crippen LogP contribution in [0, 0.1) is 0 Å². The van der Waals surface area contributed by atoms with E-state index in [1.165, 1.54) is 116 Å². The van der Waals surface area contributed by atoms with E-state index in [2.05, 4.69) is 26.0 Å². The van der Waals surface area contributed by atoms with Crippen molar-refractivity contribution in [1.82, 2.24) is 0 Å². The van der Waals surface area contributed by atoms with Gasteiger partial charge in [-0.1, -0.05) is 142 Å². The number of nitrogens with zero attached hydrogens (tertiary/aromatic N) is 1. The van der Waals surface area contributed by atoms with Crippen LogP contribution in [0.3, 0.4) is 0 Å². The Morgan fingerprint density at radius 3 is 1.50 bits per heavy atom. The van der Waals surface area contributed by atoms with E-state index in [0.717, 1.165) is 32.1 Å². The molecule has 0 aliphatic carbocycles. The summed E-state index contributed by atoms with van der Waals surface area (Å²) in [5.41, 5.74) is 0. The van der Waals surface area contributed by atoms with Crippen molar-refractivity contribution < 1.29 is 42.1 Å². The number of carbonyl (C=O) groups excluding carboxylic acids is 2. The van der Waals surface area contributed by atoms with Gasteiger partial charge in [-0.3, -0.25) is 18.6 Å². The number of carbonyl (C=O) groups is 2. The van der Waals surface area contributed by atoms with Gasteiger partial charge in [0, 0.05) is 12.8 Å². The lowest BCUT2D eigenvalue weighted by molar-refractivity contribution is -0.870. The number of esters is 2. The molecule has 0 aliphatic rings. The highest BCUT2D eigenvalue weighted by molar-refractivity contribution is 7.47. The number of unbranched alkanes of at least 4 members (excludes halogenated alkanes) is 21. The second-order valence-electron chi connectivity index (χ2n) is 15.0. The van der Waals surface area contributed by atoms with Crippen molar-refractivity contribution in [2.45, 2.75) is 187 Å². The number of quaternary nitrogens is 1. The molecule has 0 heterocycles. The van der Waals surface area contributed by atoms with Crippen molar-refractivity contribution >= 4 is 19.8 Å². The molecule has 0 amide bonds. The maximum absolute atomic E-state index is 12.6. The largest absolute Gasteiger partial charge is 0.472 e. The summed E-state index contributed by atoms with van der Waals surface area (Å²) in [6.07, 6.45) is 32.5. The summed E-state index contributed by atoms with van der Waals surface area (Å²) in [5.74, 6) is -0.799. The highest BCUT2D eigenvalue weighted by atomic mass is 31.2. The zero-order chi connectivity index (χ0) is 37.2. The average Bonchev–Trinajstić information content (AvgIpc) is 3.06. The Morgan fingerprint density at radius 2 is 1.02 bits per heavy atom. The van der Waals surface area contributed by atoms with Gasteiger partial charge in [-0.05, 0) is 38.5 Å². The number of hydrogen-bond donors (Lipinski definition) is 1. The fraction of sp³-hybridized carbons (Fsp3) is 0.900. The first-order chi connectivity index (χ1) is 24.0. The Bertz CT molecular complexity index is 876. The van der Waals surface area contributed by atoms with Crippen LogP contribution in [0.4, 0.5) is 0 Å². The maximum Gasteiger partial charge on any atom is 0.472 e. The third kappa shape index (κ3) is 36.5. The van der Waals surface area contributed by atoms with Gasteiger partial charge < -0.3 is 18.9 Å². The lowest BCUT2D eigenvalue weighted by Gasteiger charge is -2.24. The topological polar surface area (TPSA) is 108 Å². The Balaban J connectivity index is 4.37. The van der Waals surface area contributed by atoms with E-state index in [1.807, 2.05) is 21.1 Å². The van der Waals surface area contributed by atoms with Crippen molar-refractivity contribution in [1.29, 1.82) is 0 Å². The van der Waals surface area contributed by atoms with Gasteiger partial charge in [0.25, 0.3) is 0 Å². The summed E-state index contributed by atoms with van der Waals surface area (Å²) in [5, 5.41) is 0. The van der Waals surface area contributed by atoms with Crippen LogP contribution in [0.15, 0.2) is 12.2 Å². The molecule has 296 valence electrons. The molecule has 0 rings (SSSR count). The fourth-order valence-corrected chi connectivity index (χ4v) is 6.28. The second kappa shape index (κ2) is 33.6. The Labute approximate surface area is 307 Å². The van der Waals surface area contributed by atoms with E-state index in [9.17, 15) is 19.0 Å². The smallest absolute Gasteiger partial charge is 0.462 e. The van der Waals surface area contributed by atoms with Crippen molar-refractivity contribution in [2.75, 3.05) is 47.5 Å². The van der Waals surface area contributed by atoms with E-state index in [-0.39, 0.29) is 32.0 Å². The summed E-state index contributed by atoms with van der Waals surface area (Å²) < 4.78 is 34.2. The molecule has 0 fully saturated rings. The minimum absolute atomic E-state index is 0.0339. The highest BCUT2D eigenvalue weighted by Crippen LogP contribution is 2.43. The number of phosphoric ester groups is 1. The molecular weight excluding hydrogens is 653 g/mol. The lowest BCUT2D eigenvalue weighted by Crippen LogP contribution is -2.37. The number of rotatable bonds is 37. The summed E-state index contributed by atoms with van der Waals surface area (Å²) in [6, 6.07) is 0. The van der Waals surface area contributed by atoms with Crippen molar-refractivity contribution in [3.05, 3.63) is 12.2 Å². The van der Waals surface area contributed by atoms with Crippen LogP contribution in [0.25, 0.3) is 0 Å². The van der Waals surface area contributed by atoms with Crippen molar-refractivity contribution in [3.8, 4) is 0 Å². The molecule has 0 saturated carbocycles. The Hall–Kier alpha value is -1.25. The average molecular weight is 733 g/mol. The molecule has 0 saturated heterocycles. The Morgan fingerprint density at radius 1 is 0.600 bits per heavy atom. The Kier molecular flexibility index (Phi) is 32.7. The number of phosphoric acid groups is 1. The first-order valence-corrected chi connectivity index (χ1v) is 21.9. The third-order valence-electron chi connectivity index (χ3n) is 8.80. The van der Waals surface area contributed by atoms with Crippen LogP contribution < -0.4 is 0 Å². The molecule has 50 heavy (non-hydrogen) atoms. The molecule has 0 spiro atoms. The SMILES string of the molecule is CCCCCC/C=C\CCCCCCCCCC(=O)OC[C@H](COP(=O)(O)OCC[N+](C)(C)C)OC(=O)CCCCCCCCCCCCC. The van der Waals surface area contributed by atoms with E-state index in [0.29, 0.717) is 17.4 Å². The molecule has 0 aromatic rings. The van der Waals surface area contributed by atoms with Gasteiger partial charge in [-0.15, -0.1) is 0 Å². The molecule has 0 radical (unpaired) electrons. The van der Waals surface area contributed by atoms with Gasteiger partial charge in [0.15, 0.2) is 6.10 Å². The molecular formula is C40H79NO8P+. The number of hydrogen-bond acceptors (Lipinski definition) is 7. The third-order valence-corrected chi connectivity index (χ3v) is 9.78. The molecule has 0 aromatic carbocycles. The number of likely N-dealkylation sites (N-methyl/N-ethyl adjacent to an activating group) is 1. The molecule has 0 bridgehead atoms. The van der Waals surface area contributed by atoms with Crippen LogP contribution in [0.2, 0.25) is 0 Å². The van der Waals surface area contributed by atoms with Crippen molar-refractivity contribution in [3.63, 3.8) is 0 Å². The van der Waals surface area contributed by atoms with Gasteiger partial charge >= 0.3 is 19.8 Å². The minimum Gasteiger partial charge on any atom is -0.462 e. The molecule has 9 nitrogen and oxygen atoms in total. The van der Waals surface area contributed by atoms with Gasteiger partial charge in [0.2, 0.25) is 0 Å². The van der Waals surface area contributed by atoms with Gasteiger partial charge in [-0.25, -0.2) is 4.57 Å². The molecule has 1 N–H and O–H groups in total. The summed E-state index contributed by atoms with van der Waals surface area (Å²) in [4.78, 5) is 35.2. The summed E-state index contributed by atoms with van der Waals surface area (Å²) in [6.45, 7) is 4.40. The molecule has 2 atom stereocenters.